The van der Waals surface area contributed by atoms with Gasteiger partial charge in [0.05, 0.1) is 6.10 Å². The quantitative estimate of drug-likeness (QED) is 0.621. The summed E-state index contributed by atoms with van der Waals surface area (Å²) in [6, 6.07) is 4.07. The molecule has 5 heteroatoms. The van der Waals surface area contributed by atoms with Crippen molar-refractivity contribution in [2.24, 2.45) is 4.99 Å². The highest BCUT2D eigenvalue weighted by Crippen LogP contribution is 2.11. The van der Waals surface area contributed by atoms with Gasteiger partial charge < -0.3 is 19.9 Å². The van der Waals surface area contributed by atoms with Crippen LogP contribution in [0.3, 0.4) is 0 Å². The summed E-state index contributed by atoms with van der Waals surface area (Å²) in [5.41, 5.74) is 0. The van der Waals surface area contributed by atoms with Gasteiger partial charge in [0.25, 0.3) is 0 Å². The Hall–Kier alpha value is -1.49. The zero-order chi connectivity index (χ0) is 13.3. The second-order valence-electron chi connectivity index (χ2n) is 4.79. The van der Waals surface area contributed by atoms with Gasteiger partial charge in [-0.2, -0.15) is 0 Å². The fourth-order valence-electron chi connectivity index (χ4n) is 2.22. The number of hydrogen-bond acceptors (Lipinski definition) is 2. The van der Waals surface area contributed by atoms with Crippen LogP contribution in [0.15, 0.2) is 29.5 Å². The standard InChI is InChI=1S/C14H24N4O/c1-15-14(16-7-10-18-8-3-4-9-18)17-12-13-6-2-5-11-19-13/h3-4,8-9,13H,2,5-7,10-12H2,1H3,(H2,15,16,17). The summed E-state index contributed by atoms with van der Waals surface area (Å²) < 4.78 is 7.83. The average molecular weight is 264 g/mol. The molecular formula is C14H24N4O. The zero-order valence-corrected chi connectivity index (χ0v) is 11.6. The molecule has 2 rings (SSSR count). The van der Waals surface area contributed by atoms with Gasteiger partial charge in [-0.1, -0.05) is 0 Å². The van der Waals surface area contributed by atoms with Crippen molar-refractivity contribution in [3.8, 4) is 0 Å². The molecule has 1 unspecified atom stereocenters. The van der Waals surface area contributed by atoms with Crippen LogP contribution in [-0.4, -0.2) is 43.4 Å². The third-order valence-electron chi connectivity index (χ3n) is 3.32. The molecule has 1 aliphatic rings. The predicted octanol–water partition coefficient (Wildman–Crippen LogP) is 1.22. The zero-order valence-electron chi connectivity index (χ0n) is 11.6. The van der Waals surface area contributed by atoms with Crippen molar-refractivity contribution in [1.29, 1.82) is 0 Å². The molecule has 19 heavy (non-hydrogen) atoms. The van der Waals surface area contributed by atoms with Crippen LogP contribution in [0.4, 0.5) is 0 Å². The SMILES string of the molecule is CN=C(NCCn1cccc1)NCC1CCCCO1. The van der Waals surface area contributed by atoms with Gasteiger partial charge in [0, 0.05) is 45.7 Å². The first-order valence-electron chi connectivity index (χ1n) is 7.05. The molecule has 1 aliphatic heterocycles. The molecule has 2 N–H and O–H groups in total. The molecule has 1 fully saturated rings. The summed E-state index contributed by atoms with van der Waals surface area (Å²) >= 11 is 0. The summed E-state index contributed by atoms with van der Waals surface area (Å²) in [5.74, 6) is 0.848. The highest BCUT2D eigenvalue weighted by molar-refractivity contribution is 5.79. The van der Waals surface area contributed by atoms with Gasteiger partial charge in [0.1, 0.15) is 0 Å². The van der Waals surface area contributed by atoms with Crippen LogP contribution in [0.2, 0.25) is 0 Å². The number of aliphatic imine (C=N–C) groups is 1. The van der Waals surface area contributed by atoms with E-state index in [2.05, 4.69) is 32.6 Å². The Bertz CT molecular complexity index is 369. The van der Waals surface area contributed by atoms with Crippen LogP contribution in [-0.2, 0) is 11.3 Å². The molecule has 0 aliphatic carbocycles. The largest absolute Gasteiger partial charge is 0.376 e. The van der Waals surface area contributed by atoms with Crippen LogP contribution >= 0.6 is 0 Å². The summed E-state index contributed by atoms with van der Waals surface area (Å²) in [4.78, 5) is 4.22. The third-order valence-corrected chi connectivity index (χ3v) is 3.32. The minimum Gasteiger partial charge on any atom is -0.376 e. The van der Waals surface area contributed by atoms with E-state index in [1.807, 2.05) is 12.1 Å². The van der Waals surface area contributed by atoms with E-state index in [-0.39, 0.29) is 0 Å². The van der Waals surface area contributed by atoms with Gasteiger partial charge in [0.2, 0.25) is 0 Å². The topological polar surface area (TPSA) is 50.6 Å². The Labute approximate surface area is 115 Å². The van der Waals surface area contributed by atoms with E-state index in [0.29, 0.717) is 6.10 Å². The molecule has 0 amide bonds. The van der Waals surface area contributed by atoms with Crippen molar-refractivity contribution in [1.82, 2.24) is 15.2 Å². The molecule has 1 aromatic heterocycles. The molecule has 0 aromatic carbocycles. The van der Waals surface area contributed by atoms with Gasteiger partial charge in [0.15, 0.2) is 5.96 Å². The minimum atomic E-state index is 0.330. The molecule has 2 heterocycles. The van der Waals surface area contributed by atoms with E-state index in [0.717, 1.165) is 38.6 Å². The monoisotopic (exact) mass is 264 g/mol. The number of nitrogens with zero attached hydrogens (tertiary/aromatic N) is 2. The molecule has 0 bridgehead atoms. The lowest BCUT2D eigenvalue weighted by Gasteiger charge is -2.23. The van der Waals surface area contributed by atoms with E-state index in [4.69, 9.17) is 4.74 Å². The number of nitrogens with one attached hydrogen (secondary N) is 2. The maximum absolute atomic E-state index is 5.69. The number of rotatable bonds is 5. The van der Waals surface area contributed by atoms with Crippen LogP contribution in [0.5, 0.6) is 0 Å². The van der Waals surface area contributed by atoms with Crippen molar-refractivity contribution in [3.05, 3.63) is 24.5 Å². The number of aromatic nitrogens is 1. The first-order chi connectivity index (χ1) is 9.38. The lowest BCUT2D eigenvalue weighted by atomic mass is 10.1. The van der Waals surface area contributed by atoms with Crippen molar-refractivity contribution >= 4 is 5.96 Å². The van der Waals surface area contributed by atoms with Crippen molar-refractivity contribution in [3.63, 3.8) is 0 Å². The van der Waals surface area contributed by atoms with Crippen LogP contribution in [0.1, 0.15) is 19.3 Å². The van der Waals surface area contributed by atoms with Gasteiger partial charge in [-0.05, 0) is 31.4 Å². The molecule has 0 spiro atoms. The van der Waals surface area contributed by atoms with Crippen LogP contribution < -0.4 is 10.6 Å². The van der Waals surface area contributed by atoms with Crippen molar-refractivity contribution < 1.29 is 4.74 Å². The molecule has 0 radical (unpaired) electrons. The van der Waals surface area contributed by atoms with E-state index in [1.165, 1.54) is 12.8 Å². The fourth-order valence-corrected chi connectivity index (χ4v) is 2.22. The Balaban J connectivity index is 1.62. The highest BCUT2D eigenvalue weighted by Gasteiger charge is 2.13. The maximum Gasteiger partial charge on any atom is 0.191 e. The lowest BCUT2D eigenvalue weighted by Crippen LogP contribution is -2.43. The molecule has 0 saturated carbocycles. The molecule has 1 aromatic rings. The van der Waals surface area contributed by atoms with Crippen molar-refractivity contribution in [2.75, 3.05) is 26.7 Å². The smallest absolute Gasteiger partial charge is 0.191 e. The predicted molar refractivity (Wildman–Crippen MR) is 77.4 cm³/mol. The first-order valence-corrected chi connectivity index (χ1v) is 7.05. The molecule has 5 nitrogen and oxygen atoms in total. The van der Waals surface area contributed by atoms with Crippen LogP contribution in [0.25, 0.3) is 0 Å². The van der Waals surface area contributed by atoms with Crippen molar-refractivity contribution in [2.45, 2.75) is 31.9 Å². The van der Waals surface area contributed by atoms with Gasteiger partial charge >= 0.3 is 0 Å². The molecule has 106 valence electrons. The fraction of sp³-hybridized carbons (Fsp3) is 0.643. The molecule has 1 saturated heterocycles. The normalized spacial score (nSPS) is 20.3. The lowest BCUT2D eigenvalue weighted by molar-refractivity contribution is 0.0194. The molecular weight excluding hydrogens is 240 g/mol. The van der Waals surface area contributed by atoms with Gasteiger partial charge in [-0.25, -0.2) is 0 Å². The summed E-state index contributed by atoms with van der Waals surface area (Å²) in [7, 11) is 1.80. The van der Waals surface area contributed by atoms with Gasteiger partial charge in [-0.3, -0.25) is 4.99 Å². The number of guanidine groups is 1. The van der Waals surface area contributed by atoms with E-state index in [9.17, 15) is 0 Å². The highest BCUT2D eigenvalue weighted by atomic mass is 16.5. The van der Waals surface area contributed by atoms with E-state index >= 15 is 0 Å². The number of ether oxygens (including phenoxy) is 1. The second-order valence-corrected chi connectivity index (χ2v) is 4.79. The van der Waals surface area contributed by atoms with Crippen LogP contribution in [0, 0.1) is 0 Å². The average Bonchev–Trinajstić information content (AvgIpc) is 2.97. The van der Waals surface area contributed by atoms with E-state index < -0.39 is 0 Å². The third kappa shape index (κ3) is 4.95. The summed E-state index contributed by atoms with van der Waals surface area (Å²) in [6.45, 7) is 3.53. The Morgan fingerprint density at radius 2 is 2.16 bits per heavy atom. The minimum absolute atomic E-state index is 0.330. The van der Waals surface area contributed by atoms with Gasteiger partial charge in [-0.15, -0.1) is 0 Å². The first kappa shape index (κ1) is 13.9. The summed E-state index contributed by atoms with van der Waals surface area (Å²) in [5, 5.41) is 6.63. The Morgan fingerprint density at radius 3 is 2.84 bits per heavy atom. The molecule has 1 atom stereocenters. The van der Waals surface area contributed by atoms with E-state index in [1.54, 1.807) is 7.05 Å². The second kappa shape index (κ2) is 7.84. The summed E-state index contributed by atoms with van der Waals surface area (Å²) in [6.07, 6.45) is 8.07. The maximum atomic E-state index is 5.69. The Kier molecular flexibility index (Phi) is 5.75. The number of hydrogen-bond donors (Lipinski definition) is 2. The Morgan fingerprint density at radius 1 is 1.32 bits per heavy atom.